The van der Waals surface area contributed by atoms with E-state index in [0.717, 1.165) is 24.1 Å². The van der Waals surface area contributed by atoms with Gasteiger partial charge in [0.2, 0.25) is 0 Å². The van der Waals surface area contributed by atoms with Crippen molar-refractivity contribution < 1.29 is 0 Å². The zero-order valence-electron chi connectivity index (χ0n) is 29.6. The molecule has 0 radical (unpaired) electrons. The summed E-state index contributed by atoms with van der Waals surface area (Å²) in [6.45, 7) is 4.69. The first-order valence-electron chi connectivity index (χ1n) is 18.6. The van der Waals surface area contributed by atoms with Crippen molar-refractivity contribution in [2.75, 3.05) is 5.32 Å². The molecule has 10 rings (SSSR count). The first-order chi connectivity index (χ1) is 25.5. The van der Waals surface area contributed by atoms with Crippen molar-refractivity contribution in [2.45, 2.75) is 38.1 Å². The highest BCUT2D eigenvalue weighted by molar-refractivity contribution is 5.96. The summed E-state index contributed by atoms with van der Waals surface area (Å²) in [7, 11) is 0. The normalized spacial score (nSPS) is 21.3. The molecule has 250 valence electrons. The fourth-order valence-corrected chi connectivity index (χ4v) is 9.14. The first kappa shape index (κ1) is 30.8. The standard InChI is InChI=1S/C50H40N2/c1-32-44(29-38-15-7-10-18-47(38)52-32)48-26-23-40(31-51-48)37-22-25-43-46(30-37)50(2,41-24-21-34-12-4-6-14-36(34)28-41)45-17-9-8-16-42(45)49(43)39-20-19-33-11-3-5-13-35(33)27-39/h3-5,7-13,15-32,46,52H,6,14H2,1-2H3. The van der Waals surface area contributed by atoms with Crippen molar-refractivity contribution in [3.63, 3.8) is 0 Å². The summed E-state index contributed by atoms with van der Waals surface area (Å²) in [5, 5.41) is 6.19. The molecule has 2 nitrogen and oxygen atoms in total. The van der Waals surface area contributed by atoms with E-state index in [-0.39, 0.29) is 17.4 Å². The average molecular weight is 669 g/mol. The maximum atomic E-state index is 5.07. The van der Waals surface area contributed by atoms with E-state index in [9.17, 15) is 0 Å². The topological polar surface area (TPSA) is 24.9 Å². The van der Waals surface area contributed by atoms with Crippen LogP contribution in [-0.4, -0.2) is 11.0 Å². The molecule has 6 aromatic rings. The summed E-state index contributed by atoms with van der Waals surface area (Å²) < 4.78 is 0. The van der Waals surface area contributed by atoms with Gasteiger partial charge in [0.05, 0.1) is 11.7 Å². The predicted octanol–water partition coefficient (Wildman–Crippen LogP) is 11.9. The van der Waals surface area contributed by atoms with Gasteiger partial charge in [-0.1, -0.05) is 140 Å². The van der Waals surface area contributed by atoms with Crippen LogP contribution in [0.3, 0.4) is 0 Å². The Morgan fingerprint density at radius 2 is 1.56 bits per heavy atom. The number of allylic oxidation sites excluding steroid dienone is 6. The third kappa shape index (κ3) is 4.89. The molecule has 0 saturated carbocycles. The zero-order chi connectivity index (χ0) is 34.8. The van der Waals surface area contributed by atoms with Crippen molar-refractivity contribution in [3.05, 3.63) is 208 Å². The van der Waals surface area contributed by atoms with Crippen molar-refractivity contribution in [2.24, 2.45) is 5.92 Å². The molecule has 0 fully saturated rings. The zero-order valence-corrected chi connectivity index (χ0v) is 29.6. The lowest BCUT2D eigenvalue weighted by Gasteiger charge is -2.46. The van der Waals surface area contributed by atoms with Gasteiger partial charge < -0.3 is 5.32 Å². The van der Waals surface area contributed by atoms with Gasteiger partial charge in [0.1, 0.15) is 0 Å². The smallest absolute Gasteiger partial charge is 0.0682 e. The van der Waals surface area contributed by atoms with Gasteiger partial charge in [-0.25, -0.2) is 0 Å². The van der Waals surface area contributed by atoms with Gasteiger partial charge in [0, 0.05) is 28.8 Å². The highest BCUT2D eigenvalue weighted by atomic mass is 14.9. The number of fused-ring (bicyclic) bond motifs is 5. The van der Waals surface area contributed by atoms with E-state index in [1.807, 2.05) is 0 Å². The van der Waals surface area contributed by atoms with E-state index < -0.39 is 0 Å². The highest BCUT2D eigenvalue weighted by Crippen LogP contribution is 2.55. The molecule has 1 aliphatic heterocycles. The van der Waals surface area contributed by atoms with Gasteiger partial charge in [-0.3, -0.25) is 4.98 Å². The molecule has 52 heavy (non-hydrogen) atoms. The number of hydrogen-bond donors (Lipinski definition) is 1. The Morgan fingerprint density at radius 3 is 2.46 bits per heavy atom. The minimum Gasteiger partial charge on any atom is -0.378 e. The van der Waals surface area contributed by atoms with Crippen LogP contribution >= 0.6 is 0 Å². The number of para-hydroxylation sites is 1. The van der Waals surface area contributed by atoms with Gasteiger partial charge in [-0.2, -0.15) is 0 Å². The van der Waals surface area contributed by atoms with Crippen LogP contribution < -0.4 is 5.32 Å². The predicted molar refractivity (Wildman–Crippen MR) is 219 cm³/mol. The van der Waals surface area contributed by atoms with Crippen LogP contribution in [0.5, 0.6) is 0 Å². The second kappa shape index (κ2) is 12.1. The Morgan fingerprint density at radius 1 is 0.731 bits per heavy atom. The molecule has 3 atom stereocenters. The van der Waals surface area contributed by atoms with E-state index in [0.29, 0.717) is 0 Å². The van der Waals surface area contributed by atoms with Crippen LogP contribution in [0.15, 0.2) is 157 Å². The summed E-state index contributed by atoms with van der Waals surface area (Å²) in [6.07, 6.45) is 18.4. The Kier molecular flexibility index (Phi) is 7.15. The lowest BCUT2D eigenvalue weighted by molar-refractivity contribution is 0.463. The molecular formula is C50H40N2. The van der Waals surface area contributed by atoms with Gasteiger partial charge in [0.25, 0.3) is 0 Å². The van der Waals surface area contributed by atoms with E-state index in [1.165, 1.54) is 77.7 Å². The van der Waals surface area contributed by atoms with Gasteiger partial charge in [-0.05, 0) is 116 Å². The lowest BCUT2D eigenvalue weighted by atomic mass is 9.57. The molecule has 0 bridgehead atoms. The Hall–Kier alpha value is -5.99. The number of aryl methyl sites for hydroxylation is 1. The van der Waals surface area contributed by atoms with Crippen molar-refractivity contribution >= 4 is 45.3 Å². The number of aromatic nitrogens is 1. The van der Waals surface area contributed by atoms with Gasteiger partial charge >= 0.3 is 0 Å². The Bertz CT molecular complexity index is 2580. The van der Waals surface area contributed by atoms with Crippen molar-refractivity contribution in [1.82, 2.24) is 4.98 Å². The molecule has 4 aliphatic rings. The van der Waals surface area contributed by atoms with E-state index in [4.69, 9.17) is 4.98 Å². The number of hydrogen-bond acceptors (Lipinski definition) is 2. The summed E-state index contributed by atoms with van der Waals surface area (Å²) in [4.78, 5) is 5.07. The number of pyridine rings is 1. The SMILES string of the molecule is CC1Nc2ccccc2C=C1c1ccc(C2=CC3C(=C(c4ccc5ccccc5c4)c4ccccc4C3(C)c3ccc4c(c3)CCC=C4)C=C2)cn1. The summed E-state index contributed by atoms with van der Waals surface area (Å²) >= 11 is 0. The fourth-order valence-electron chi connectivity index (χ4n) is 9.14. The number of rotatable bonds is 4. The Balaban J connectivity index is 1.13. The minimum atomic E-state index is -0.284. The summed E-state index contributed by atoms with van der Waals surface area (Å²) in [6, 6.07) is 45.1. The molecule has 0 amide bonds. The number of benzene rings is 5. The van der Waals surface area contributed by atoms with E-state index in [1.54, 1.807) is 0 Å². The second-order valence-electron chi connectivity index (χ2n) is 14.9. The molecule has 0 spiro atoms. The Labute approximate surface area is 306 Å². The highest BCUT2D eigenvalue weighted by Gasteiger charge is 2.45. The maximum absolute atomic E-state index is 5.07. The molecule has 1 N–H and O–H groups in total. The molecule has 3 aliphatic carbocycles. The van der Waals surface area contributed by atoms with E-state index in [2.05, 4.69) is 183 Å². The fraction of sp³-hybridized carbons (Fsp3) is 0.140. The van der Waals surface area contributed by atoms with Crippen LogP contribution in [0.25, 0.3) is 39.6 Å². The monoisotopic (exact) mass is 668 g/mol. The number of nitrogens with one attached hydrogen (secondary N) is 1. The third-order valence-corrected chi connectivity index (χ3v) is 12.0. The third-order valence-electron chi connectivity index (χ3n) is 12.0. The van der Waals surface area contributed by atoms with Crippen LogP contribution in [0.1, 0.15) is 70.5 Å². The molecular weight excluding hydrogens is 629 g/mol. The number of anilines is 1. The van der Waals surface area contributed by atoms with Crippen molar-refractivity contribution in [1.29, 1.82) is 0 Å². The van der Waals surface area contributed by atoms with Gasteiger partial charge in [-0.15, -0.1) is 0 Å². The molecule has 3 unspecified atom stereocenters. The van der Waals surface area contributed by atoms with Crippen LogP contribution in [0.2, 0.25) is 0 Å². The second-order valence-corrected chi connectivity index (χ2v) is 14.9. The largest absolute Gasteiger partial charge is 0.378 e. The van der Waals surface area contributed by atoms with Gasteiger partial charge in [0.15, 0.2) is 0 Å². The summed E-state index contributed by atoms with van der Waals surface area (Å²) in [5.41, 5.74) is 17.5. The minimum absolute atomic E-state index is 0.113. The lowest BCUT2D eigenvalue weighted by Crippen LogP contribution is -2.38. The van der Waals surface area contributed by atoms with E-state index >= 15 is 0 Å². The first-order valence-corrected chi connectivity index (χ1v) is 18.6. The molecule has 5 aromatic carbocycles. The quantitative estimate of drug-likeness (QED) is 0.202. The average Bonchev–Trinajstić information content (AvgIpc) is 3.20. The van der Waals surface area contributed by atoms with Crippen LogP contribution in [0.4, 0.5) is 5.69 Å². The van der Waals surface area contributed by atoms with Crippen molar-refractivity contribution in [3.8, 4) is 0 Å². The molecule has 1 aromatic heterocycles. The van der Waals surface area contributed by atoms with Crippen LogP contribution in [0, 0.1) is 5.92 Å². The number of nitrogens with zero attached hydrogens (tertiary/aromatic N) is 1. The summed E-state index contributed by atoms with van der Waals surface area (Å²) in [5.74, 6) is 0.113. The van der Waals surface area contributed by atoms with Crippen LogP contribution in [-0.2, 0) is 11.8 Å². The molecule has 2 heteroatoms. The maximum Gasteiger partial charge on any atom is 0.0682 e. The molecule has 2 heterocycles. The molecule has 0 saturated heterocycles.